The first kappa shape index (κ1) is 19.4. The Balaban J connectivity index is 2.01. The highest BCUT2D eigenvalue weighted by molar-refractivity contribution is 5.91. The van der Waals surface area contributed by atoms with Crippen molar-refractivity contribution in [3.05, 3.63) is 71.4 Å². The summed E-state index contributed by atoms with van der Waals surface area (Å²) in [6, 6.07) is 13.8. The van der Waals surface area contributed by atoms with Crippen molar-refractivity contribution in [3.8, 4) is 5.69 Å². The van der Waals surface area contributed by atoms with Gasteiger partial charge in [0.2, 0.25) is 5.69 Å². The maximum absolute atomic E-state index is 13.0. The lowest BCUT2D eigenvalue weighted by Gasteiger charge is -2.20. The zero-order valence-electron chi connectivity index (χ0n) is 14.9. The molecular weight excluding hydrogens is 373 g/mol. The molecule has 28 heavy (non-hydrogen) atoms. The number of carboxylic acids is 1. The molecule has 0 radical (unpaired) electrons. The quantitative estimate of drug-likeness (QED) is 0.689. The van der Waals surface area contributed by atoms with Gasteiger partial charge in [-0.05, 0) is 30.7 Å². The molecule has 0 aliphatic rings. The minimum absolute atomic E-state index is 0.0272. The molecule has 0 bridgehead atoms. The third-order valence-corrected chi connectivity index (χ3v) is 4.10. The van der Waals surface area contributed by atoms with Crippen molar-refractivity contribution in [2.45, 2.75) is 19.6 Å². The number of carbonyl (C=O) groups is 1. The van der Waals surface area contributed by atoms with E-state index in [1.807, 2.05) is 37.3 Å². The number of aromatic carboxylic acids is 1. The number of rotatable bonds is 6. The average molecular weight is 390 g/mol. The van der Waals surface area contributed by atoms with Crippen LogP contribution in [0.1, 0.15) is 28.5 Å². The van der Waals surface area contributed by atoms with Gasteiger partial charge in [-0.2, -0.15) is 13.2 Å². The minimum atomic E-state index is -4.52. The van der Waals surface area contributed by atoms with Crippen LogP contribution in [0.2, 0.25) is 0 Å². The highest BCUT2D eigenvalue weighted by Crippen LogP contribution is 2.30. The van der Waals surface area contributed by atoms with Crippen LogP contribution in [-0.2, 0) is 12.7 Å². The average Bonchev–Trinajstić information content (AvgIpc) is 3.12. The fourth-order valence-corrected chi connectivity index (χ4v) is 2.71. The van der Waals surface area contributed by atoms with Crippen LogP contribution in [-0.4, -0.2) is 32.6 Å². The SMILES string of the molecule is CCN(Cc1ccccc1)c1nn(-c2cccc(C(F)(F)F)c2)nc1C(=O)O. The Kier molecular flexibility index (Phi) is 5.34. The smallest absolute Gasteiger partial charge is 0.416 e. The van der Waals surface area contributed by atoms with Crippen LogP contribution in [0.4, 0.5) is 19.0 Å². The van der Waals surface area contributed by atoms with E-state index >= 15 is 0 Å². The summed E-state index contributed by atoms with van der Waals surface area (Å²) >= 11 is 0. The van der Waals surface area contributed by atoms with Gasteiger partial charge in [0.1, 0.15) is 0 Å². The number of anilines is 1. The van der Waals surface area contributed by atoms with E-state index in [2.05, 4.69) is 10.2 Å². The molecular formula is C19H17F3N4O2. The number of hydrogen-bond donors (Lipinski definition) is 1. The first-order valence-corrected chi connectivity index (χ1v) is 8.46. The van der Waals surface area contributed by atoms with Crippen LogP contribution in [0, 0.1) is 0 Å². The summed E-state index contributed by atoms with van der Waals surface area (Å²) in [5.74, 6) is -1.21. The molecule has 1 N–H and O–H groups in total. The Morgan fingerprint density at radius 2 is 1.82 bits per heavy atom. The monoisotopic (exact) mass is 390 g/mol. The van der Waals surface area contributed by atoms with Crippen molar-refractivity contribution in [1.82, 2.24) is 15.0 Å². The van der Waals surface area contributed by atoms with E-state index in [9.17, 15) is 23.1 Å². The predicted octanol–water partition coefficient (Wildman–Crippen LogP) is 4.01. The van der Waals surface area contributed by atoms with Gasteiger partial charge in [0.25, 0.3) is 0 Å². The van der Waals surface area contributed by atoms with E-state index < -0.39 is 17.7 Å². The van der Waals surface area contributed by atoms with E-state index in [1.165, 1.54) is 12.1 Å². The third-order valence-electron chi connectivity index (χ3n) is 4.10. The van der Waals surface area contributed by atoms with Crippen molar-refractivity contribution in [2.75, 3.05) is 11.4 Å². The molecule has 3 aromatic rings. The van der Waals surface area contributed by atoms with E-state index in [4.69, 9.17) is 0 Å². The van der Waals surface area contributed by atoms with E-state index in [1.54, 1.807) is 4.90 Å². The van der Waals surface area contributed by atoms with Gasteiger partial charge in [0, 0.05) is 13.1 Å². The maximum atomic E-state index is 13.0. The fourth-order valence-electron chi connectivity index (χ4n) is 2.71. The first-order chi connectivity index (χ1) is 13.3. The zero-order chi connectivity index (χ0) is 20.3. The van der Waals surface area contributed by atoms with Gasteiger partial charge in [-0.15, -0.1) is 15.0 Å². The highest BCUT2D eigenvalue weighted by atomic mass is 19.4. The topological polar surface area (TPSA) is 71.2 Å². The van der Waals surface area contributed by atoms with Crippen LogP contribution in [0.25, 0.3) is 5.69 Å². The second-order valence-electron chi connectivity index (χ2n) is 6.01. The van der Waals surface area contributed by atoms with Crippen LogP contribution in [0.3, 0.4) is 0 Å². The van der Waals surface area contributed by atoms with E-state index in [0.29, 0.717) is 13.1 Å². The molecule has 1 aromatic heterocycles. The summed E-state index contributed by atoms with van der Waals surface area (Å²) < 4.78 is 38.9. The van der Waals surface area contributed by atoms with E-state index in [0.717, 1.165) is 22.5 Å². The lowest BCUT2D eigenvalue weighted by atomic mass is 10.2. The standard InChI is InChI=1S/C19H17F3N4O2/c1-2-25(12-13-7-4-3-5-8-13)17-16(18(27)28)23-26(24-17)15-10-6-9-14(11-15)19(20,21)22/h3-11H,2,12H2,1H3,(H,27,28). The molecule has 1 heterocycles. The highest BCUT2D eigenvalue weighted by Gasteiger charge is 2.31. The van der Waals surface area contributed by atoms with E-state index in [-0.39, 0.29) is 17.2 Å². The largest absolute Gasteiger partial charge is 0.476 e. The summed E-state index contributed by atoms with van der Waals surface area (Å²) in [6.45, 7) is 2.66. The number of halogens is 3. The van der Waals surface area contributed by atoms with Crippen molar-refractivity contribution >= 4 is 11.8 Å². The maximum Gasteiger partial charge on any atom is 0.416 e. The Morgan fingerprint density at radius 3 is 2.43 bits per heavy atom. The second-order valence-corrected chi connectivity index (χ2v) is 6.01. The van der Waals surface area contributed by atoms with Crippen LogP contribution in [0.15, 0.2) is 54.6 Å². The molecule has 0 unspecified atom stereocenters. The zero-order valence-corrected chi connectivity index (χ0v) is 14.9. The molecule has 0 aliphatic heterocycles. The number of benzene rings is 2. The lowest BCUT2D eigenvalue weighted by Crippen LogP contribution is -2.24. The van der Waals surface area contributed by atoms with Crippen molar-refractivity contribution in [2.24, 2.45) is 0 Å². The summed E-state index contributed by atoms with van der Waals surface area (Å²) in [5, 5.41) is 17.6. The molecule has 3 rings (SSSR count). The van der Waals surface area contributed by atoms with Gasteiger partial charge in [-0.25, -0.2) is 4.79 Å². The van der Waals surface area contributed by atoms with Crippen LogP contribution < -0.4 is 4.90 Å². The van der Waals surface area contributed by atoms with Gasteiger partial charge in [0.15, 0.2) is 5.82 Å². The minimum Gasteiger partial charge on any atom is -0.476 e. The number of carboxylic acid groups (broad SMARTS) is 1. The number of alkyl halides is 3. The number of aromatic nitrogens is 3. The summed E-state index contributed by atoms with van der Waals surface area (Å²) in [6.07, 6.45) is -4.52. The van der Waals surface area contributed by atoms with Crippen molar-refractivity contribution < 1.29 is 23.1 Å². The van der Waals surface area contributed by atoms with Crippen LogP contribution >= 0.6 is 0 Å². The fraction of sp³-hybridized carbons (Fsp3) is 0.211. The molecule has 0 fully saturated rings. The molecule has 6 nitrogen and oxygen atoms in total. The molecule has 0 saturated carbocycles. The Labute approximate surface area is 158 Å². The van der Waals surface area contributed by atoms with Gasteiger partial charge in [0.05, 0.1) is 11.3 Å². The van der Waals surface area contributed by atoms with Crippen molar-refractivity contribution in [3.63, 3.8) is 0 Å². The van der Waals surface area contributed by atoms with Crippen LogP contribution in [0.5, 0.6) is 0 Å². The number of hydrogen-bond acceptors (Lipinski definition) is 4. The molecule has 0 amide bonds. The molecule has 0 saturated heterocycles. The molecule has 2 aromatic carbocycles. The van der Waals surface area contributed by atoms with Gasteiger partial charge < -0.3 is 10.0 Å². The second kappa shape index (κ2) is 7.71. The predicted molar refractivity (Wildman–Crippen MR) is 96.5 cm³/mol. The molecule has 0 atom stereocenters. The molecule has 0 spiro atoms. The van der Waals surface area contributed by atoms with Gasteiger partial charge in [-0.3, -0.25) is 0 Å². The Morgan fingerprint density at radius 1 is 1.11 bits per heavy atom. The first-order valence-electron chi connectivity index (χ1n) is 8.46. The summed E-state index contributed by atoms with van der Waals surface area (Å²) in [7, 11) is 0. The third kappa shape index (κ3) is 4.13. The summed E-state index contributed by atoms with van der Waals surface area (Å²) in [5.41, 5.74) is -0.221. The van der Waals surface area contributed by atoms with Gasteiger partial charge >= 0.3 is 12.1 Å². The normalized spacial score (nSPS) is 11.4. The molecule has 9 heteroatoms. The molecule has 0 aliphatic carbocycles. The Bertz CT molecular complexity index is 971. The summed E-state index contributed by atoms with van der Waals surface area (Å²) in [4.78, 5) is 14.3. The van der Waals surface area contributed by atoms with Gasteiger partial charge in [-0.1, -0.05) is 36.4 Å². The lowest BCUT2D eigenvalue weighted by molar-refractivity contribution is -0.137. The van der Waals surface area contributed by atoms with Crippen molar-refractivity contribution in [1.29, 1.82) is 0 Å². The molecule has 146 valence electrons. The Hall–Kier alpha value is -3.36. The number of nitrogens with zero attached hydrogens (tertiary/aromatic N) is 4.